The summed E-state index contributed by atoms with van der Waals surface area (Å²) in [6.07, 6.45) is -1.31. The van der Waals surface area contributed by atoms with Gasteiger partial charge in [-0.3, -0.25) is 20.2 Å². The van der Waals surface area contributed by atoms with E-state index in [9.17, 15) is 20.2 Å². The highest BCUT2D eigenvalue weighted by atomic mass is 16.7. The maximum atomic E-state index is 9.54. The minimum absolute atomic E-state index is 1.15. The third-order valence-corrected chi connectivity index (χ3v) is 0.563. The Hall–Kier alpha value is -1.37. The summed E-state index contributed by atoms with van der Waals surface area (Å²) in [5.41, 5.74) is 0. The Kier molecular flexibility index (Phi) is 2.39. The van der Waals surface area contributed by atoms with Crippen LogP contribution in [0.5, 0.6) is 0 Å². The molecule has 0 aliphatic heterocycles. The van der Waals surface area contributed by atoms with E-state index in [0.29, 0.717) is 0 Å². The van der Waals surface area contributed by atoms with E-state index in [1.807, 2.05) is 0 Å². The van der Waals surface area contributed by atoms with Crippen molar-refractivity contribution >= 4 is 0 Å². The van der Waals surface area contributed by atoms with E-state index >= 15 is 0 Å². The van der Waals surface area contributed by atoms with Gasteiger partial charge in [0.25, 0.3) is 6.17 Å². The molecule has 9 heavy (non-hydrogen) atoms. The Morgan fingerprint density at radius 1 is 1.33 bits per heavy atom. The third kappa shape index (κ3) is 1.91. The Bertz CT molecular complexity index is 119. The number of rotatable bonds is 3. The fourth-order valence-corrected chi connectivity index (χ4v) is 0.182. The second-order valence-corrected chi connectivity index (χ2v) is 1.09. The minimum Gasteiger partial charge on any atom is -0.413 e. The molecule has 0 aliphatic carbocycles. The molecule has 52 valence electrons. The van der Waals surface area contributed by atoms with Crippen LogP contribution in [0.2, 0.25) is 0 Å². The molecule has 7 nitrogen and oxygen atoms in total. The van der Waals surface area contributed by atoms with Gasteiger partial charge in [-0.25, -0.2) is 0 Å². The van der Waals surface area contributed by atoms with Crippen LogP contribution in [0.1, 0.15) is 0 Å². The van der Waals surface area contributed by atoms with E-state index in [2.05, 4.69) is 0 Å². The molecule has 7 heteroatoms. The largest absolute Gasteiger partial charge is 0.413 e. The smallest absolute Gasteiger partial charge is 0.288 e. The van der Waals surface area contributed by atoms with Gasteiger partial charge in [-0.1, -0.05) is 0 Å². The standard InChI is InChI=1S/C2H3N2O5/c5-1-2(3(6)7)4(8)9/h5H,1H2/q-1. The van der Waals surface area contributed by atoms with Crippen LogP contribution in [0.4, 0.5) is 0 Å². The number of nitro groups is 2. The molecule has 1 N–H and O–H groups in total. The monoisotopic (exact) mass is 135 g/mol. The van der Waals surface area contributed by atoms with Crippen LogP contribution in [-0.2, 0) is 0 Å². The third-order valence-electron chi connectivity index (χ3n) is 0.563. The van der Waals surface area contributed by atoms with Gasteiger partial charge in [-0.05, 0) is 9.85 Å². The molecule has 0 spiro atoms. The molecule has 0 saturated heterocycles. The van der Waals surface area contributed by atoms with Crippen LogP contribution in [0.15, 0.2) is 0 Å². The first-order valence-electron chi connectivity index (χ1n) is 1.85. The molecule has 0 aromatic carbocycles. The van der Waals surface area contributed by atoms with E-state index in [1.54, 1.807) is 0 Å². The number of hydrogen-bond acceptors (Lipinski definition) is 5. The summed E-state index contributed by atoms with van der Waals surface area (Å²) in [7, 11) is 0. The average molecular weight is 135 g/mol. The lowest BCUT2D eigenvalue weighted by molar-refractivity contribution is -0.673. The molecule has 0 bridgehead atoms. The van der Waals surface area contributed by atoms with Crippen molar-refractivity contribution in [2.24, 2.45) is 0 Å². The summed E-state index contributed by atoms with van der Waals surface area (Å²) in [6.45, 7) is -1.15. The molecule has 0 aliphatic rings. The summed E-state index contributed by atoms with van der Waals surface area (Å²) < 4.78 is 0. The zero-order chi connectivity index (χ0) is 7.44. The molecule has 0 amide bonds. The lowest BCUT2D eigenvalue weighted by atomic mass is 10.6. The Labute approximate surface area is 49.2 Å². The maximum Gasteiger partial charge on any atom is 0.288 e. The van der Waals surface area contributed by atoms with Crippen LogP contribution in [0.25, 0.3) is 0 Å². The number of aliphatic hydroxyl groups is 1. The minimum atomic E-state index is -1.31. The van der Waals surface area contributed by atoms with Crippen LogP contribution in [0, 0.1) is 26.4 Å². The molecular weight excluding hydrogens is 132 g/mol. The zero-order valence-electron chi connectivity index (χ0n) is 4.18. The molecule has 0 rings (SSSR count). The number of aliphatic hydroxyl groups excluding tert-OH is 1. The first-order chi connectivity index (χ1) is 4.09. The molecule has 0 saturated carbocycles. The van der Waals surface area contributed by atoms with Crippen LogP contribution >= 0.6 is 0 Å². The van der Waals surface area contributed by atoms with Gasteiger partial charge < -0.3 is 5.11 Å². The predicted octanol–water partition coefficient (Wildman–Crippen LogP) is -0.978. The van der Waals surface area contributed by atoms with Crippen molar-refractivity contribution in [2.45, 2.75) is 0 Å². The van der Waals surface area contributed by atoms with Gasteiger partial charge >= 0.3 is 0 Å². The van der Waals surface area contributed by atoms with Gasteiger partial charge in [0.1, 0.15) is 0 Å². The highest BCUT2D eigenvalue weighted by Crippen LogP contribution is 1.97. The van der Waals surface area contributed by atoms with Gasteiger partial charge in [0.2, 0.25) is 0 Å². The summed E-state index contributed by atoms with van der Waals surface area (Å²) in [4.78, 5) is 16.6. The average Bonchev–Trinajstić information content (AvgIpc) is 1.64. The van der Waals surface area contributed by atoms with E-state index < -0.39 is 22.6 Å². The Balaban J connectivity index is 3.99. The first kappa shape index (κ1) is 7.63. The quantitative estimate of drug-likeness (QED) is 0.304. The van der Waals surface area contributed by atoms with Gasteiger partial charge in [-0.15, -0.1) is 0 Å². The summed E-state index contributed by atoms with van der Waals surface area (Å²) >= 11 is 0. The summed E-state index contributed by atoms with van der Waals surface area (Å²) in [5.74, 6) is 0. The fourth-order valence-electron chi connectivity index (χ4n) is 0.182. The van der Waals surface area contributed by atoms with Crippen molar-refractivity contribution in [1.82, 2.24) is 0 Å². The van der Waals surface area contributed by atoms with Crippen LogP contribution < -0.4 is 0 Å². The normalized spacial score (nSPS) is 8.56. The second kappa shape index (κ2) is 2.82. The molecule has 0 radical (unpaired) electrons. The first-order valence-corrected chi connectivity index (χ1v) is 1.85. The lowest BCUT2D eigenvalue weighted by Crippen LogP contribution is -2.22. The Morgan fingerprint density at radius 2 is 1.67 bits per heavy atom. The molecule has 0 heterocycles. The molecule has 0 unspecified atom stereocenters. The van der Waals surface area contributed by atoms with E-state index in [4.69, 9.17) is 5.11 Å². The van der Waals surface area contributed by atoms with Crippen LogP contribution in [-0.4, -0.2) is 21.6 Å². The highest BCUT2D eigenvalue weighted by molar-refractivity contribution is 4.56. The lowest BCUT2D eigenvalue weighted by Gasteiger charge is -2.06. The highest BCUT2D eigenvalue weighted by Gasteiger charge is 2.15. The SMILES string of the molecule is O=[N+]([O-])[C-](CO)[N+](=O)[O-]. The Morgan fingerprint density at radius 3 is 1.67 bits per heavy atom. The van der Waals surface area contributed by atoms with E-state index in [-0.39, 0.29) is 0 Å². The number of nitrogens with zero attached hydrogens (tertiary/aromatic N) is 2. The topological polar surface area (TPSA) is 107 Å². The van der Waals surface area contributed by atoms with Gasteiger partial charge in [0.05, 0.1) is 6.61 Å². The second-order valence-electron chi connectivity index (χ2n) is 1.09. The van der Waals surface area contributed by atoms with Crippen molar-refractivity contribution in [3.05, 3.63) is 26.4 Å². The van der Waals surface area contributed by atoms with Crippen molar-refractivity contribution in [3.63, 3.8) is 0 Å². The molecule has 0 aromatic heterocycles. The summed E-state index contributed by atoms with van der Waals surface area (Å²) in [5, 5.41) is 27.0. The zero-order valence-corrected chi connectivity index (χ0v) is 4.18. The van der Waals surface area contributed by atoms with Crippen molar-refractivity contribution in [1.29, 1.82) is 0 Å². The fraction of sp³-hybridized carbons (Fsp3) is 0.500. The predicted molar refractivity (Wildman–Crippen MR) is 24.3 cm³/mol. The molecule has 0 atom stereocenters. The van der Waals surface area contributed by atoms with Crippen molar-refractivity contribution in [3.8, 4) is 0 Å². The van der Waals surface area contributed by atoms with Crippen LogP contribution in [0.3, 0.4) is 0 Å². The summed E-state index contributed by atoms with van der Waals surface area (Å²) in [6, 6.07) is 0. The number of hydrogen-bond donors (Lipinski definition) is 1. The van der Waals surface area contributed by atoms with E-state index in [0.717, 1.165) is 0 Å². The maximum absolute atomic E-state index is 9.54. The van der Waals surface area contributed by atoms with Gasteiger partial charge in [0.15, 0.2) is 0 Å². The molecule has 0 fully saturated rings. The van der Waals surface area contributed by atoms with Gasteiger partial charge in [0, 0.05) is 0 Å². The molecular formula is C2H3N2O5-. The van der Waals surface area contributed by atoms with Crippen molar-refractivity contribution < 1.29 is 15.0 Å². The van der Waals surface area contributed by atoms with Gasteiger partial charge in [-0.2, -0.15) is 0 Å². The molecule has 0 aromatic rings. The van der Waals surface area contributed by atoms with Crippen molar-refractivity contribution in [2.75, 3.05) is 6.61 Å². The van der Waals surface area contributed by atoms with E-state index in [1.165, 1.54) is 0 Å².